The molecular weight excluding hydrogens is 211 g/mol. The first-order valence-corrected chi connectivity index (χ1v) is 4.63. The van der Waals surface area contributed by atoms with Crippen LogP contribution in [0.2, 0.25) is 0 Å². The van der Waals surface area contributed by atoms with Crippen LogP contribution in [-0.4, -0.2) is 36.3 Å². The Morgan fingerprint density at radius 2 is 1.42 bits per heavy atom. The molecule has 12 heavy (non-hydrogen) atoms. The molecule has 0 radical (unpaired) electrons. The van der Waals surface area contributed by atoms with Gasteiger partial charge in [-0.3, -0.25) is 0 Å². The summed E-state index contributed by atoms with van der Waals surface area (Å²) in [5.41, 5.74) is 0. The topological polar surface area (TPSA) is 41.5 Å². The molecule has 0 aliphatic rings. The van der Waals surface area contributed by atoms with Crippen LogP contribution in [0.1, 0.15) is 26.7 Å². The minimum absolute atomic E-state index is 0. The molecule has 0 rings (SSSR count). The average molecular weight is 225 g/mol. The van der Waals surface area contributed by atoms with Crippen LogP contribution in [0.3, 0.4) is 0 Å². The Hall–Kier alpha value is 1.37. The van der Waals surface area contributed by atoms with E-state index in [4.69, 9.17) is 9.05 Å². The average Bonchev–Trinajstić information content (AvgIpc) is 1.97. The Kier molecular flexibility index (Phi) is 23.6. The molecule has 0 aromatic carbocycles. The van der Waals surface area contributed by atoms with Crippen molar-refractivity contribution >= 4 is 31.7 Å². The molecular formula is C6H14ClMgO3P. The molecule has 0 aliphatic heterocycles. The number of rotatable bonds is 6. The van der Waals surface area contributed by atoms with Crippen molar-refractivity contribution in [3.8, 4) is 0 Å². The Morgan fingerprint density at radius 3 is 1.67 bits per heavy atom. The van der Waals surface area contributed by atoms with Gasteiger partial charge < -0.3 is 26.3 Å². The van der Waals surface area contributed by atoms with Gasteiger partial charge in [-0.2, -0.15) is 0 Å². The van der Waals surface area contributed by atoms with E-state index in [1.54, 1.807) is 0 Å². The van der Waals surface area contributed by atoms with E-state index >= 15 is 0 Å². The van der Waals surface area contributed by atoms with E-state index in [-0.39, 0.29) is 35.5 Å². The maximum Gasteiger partial charge on any atom is 2.00 e. The van der Waals surface area contributed by atoms with Crippen molar-refractivity contribution in [1.29, 1.82) is 0 Å². The molecule has 0 unspecified atom stereocenters. The van der Waals surface area contributed by atoms with Crippen LogP contribution < -0.4 is 17.3 Å². The smallest absolute Gasteiger partial charge is 1.00 e. The Balaban J connectivity index is -0.000000405. The summed E-state index contributed by atoms with van der Waals surface area (Å²) in [5, 5.41) is 0. The first-order valence-electron chi connectivity index (χ1n) is 3.54. The summed E-state index contributed by atoms with van der Waals surface area (Å²) < 4.78 is 9.56. The molecule has 0 aromatic rings. The van der Waals surface area contributed by atoms with E-state index in [0.717, 1.165) is 12.8 Å². The maximum absolute atomic E-state index is 10.7. The third kappa shape index (κ3) is 13.9. The summed E-state index contributed by atoms with van der Waals surface area (Å²) in [6, 6.07) is 0. The summed E-state index contributed by atoms with van der Waals surface area (Å²) in [5.74, 6) is 0. The summed E-state index contributed by atoms with van der Waals surface area (Å²) >= 11 is 0. The fourth-order valence-corrected chi connectivity index (χ4v) is 1.11. The quantitative estimate of drug-likeness (QED) is 0.389. The van der Waals surface area contributed by atoms with E-state index in [9.17, 15) is 4.89 Å². The Labute approximate surface area is 97.8 Å². The molecule has 0 bridgehead atoms. The molecule has 0 heterocycles. The van der Waals surface area contributed by atoms with Gasteiger partial charge in [0.15, 0.2) is 0 Å². The molecule has 0 saturated carbocycles. The van der Waals surface area contributed by atoms with Crippen molar-refractivity contribution in [1.82, 2.24) is 0 Å². The molecule has 3 nitrogen and oxygen atoms in total. The van der Waals surface area contributed by atoms with Crippen molar-refractivity contribution < 1.29 is 26.3 Å². The number of hydrogen-bond acceptors (Lipinski definition) is 3. The van der Waals surface area contributed by atoms with Crippen molar-refractivity contribution in [2.24, 2.45) is 0 Å². The Morgan fingerprint density at radius 1 is 1.08 bits per heavy atom. The van der Waals surface area contributed by atoms with E-state index in [1.165, 1.54) is 0 Å². The molecule has 70 valence electrons. The fraction of sp³-hybridized carbons (Fsp3) is 1.00. The molecule has 0 amide bonds. The molecule has 0 spiro atoms. The first kappa shape index (κ1) is 19.0. The monoisotopic (exact) mass is 224 g/mol. The van der Waals surface area contributed by atoms with E-state index < -0.39 is 8.60 Å². The SMILES string of the molecule is CCCOP([O-])OCCC.[Cl-].[Mg+2]. The van der Waals surface area contributed by atoms with E-state index in [2.05, 4.69) is 0 Å². The molecule has 6 heteroatoms. The third-order valence-electron chi connectivity index (χ3n) is 0.802. The molecule has 0 fully saturated rings. The van der Waals surface area contributed by atoms with Gasteiger partial charge in [-0.25, -0.2) is 0 Å². The van der Waals surface area contributed by atoms with Gasteiger partial charge in [-0.1, -0.05) is 13.8 Å². The molecule has 0 N–H and O–H groups in total. The second kappa shape index (κ2) is 14.9. The second-order valence-electron chi connectivity index (χ2n) is 1.89. The normalized spacial score (nSPS) is 9.00. The minimum atomic E-state index is -1.84. The van der Waals surface area contributed by atoms with Crippen molar-refractivity contribution in [2.75, 3.05) is 13.2 Å². The van der Waals surface area contributed by atoms with Gasteiger partial charge in [0.2, 0.25) is 0 Å². The van der Waals surface area contributed by atoms with Crippen molar-refractivity contribution in [3.05, 3.63) is 0 Å². The van der Waals surface area contributed by atoms with Crippen LogP contribution in [0.25, 0.3) is 0 Å². The van der Waals surface area contributed by atoms with Crippen LogP contribution in [0, 0.1) is 0 Å². The van der Waals surface area contributed by atoms with Gasteiger partial charge in [-0.15, -0.1) is 0 Å². The number of hydrogen-bond donors (Lipinski definition) is 0. The third-order valence-corrected chi connectivity index (χ3v) is 1.59. The van der Waals surface area contributed by atoms with Gasteiger partial charge in [-0.05, 0) is 12.8 Å². The van der Waals surface area contributed by atoms with Gasteiger partial charge in [0.05, 0.1) is 21.8 Å². The van der Waals surface area contributed by atoms with Crippen LogP contribution in [-0.2, 0) is 9.05 Å². The molecule has 0 aliphatic carbocycles. The summed E-state index contributed by atoms with van der Waals surface area (Å²) in [6.07, 6.45) is 1.74. The first-order chi connectivity index (χ1) is 4.81. The van der Waals surface area contributed by atoms with Gasteiger partial charge in [0, 0.05) is 0 Å². The minimum Gasteiger partial charge on any atom is -1.00 e. The largest absolute Gasteiger partial charge is 2.00 e. The summed E-state index contributed by atoms with van der Waals surface area (Å²) in [7, 11) is -1.84. The van der Waals surface area contributed by atoms with Crippen LogP contribution >= 0.6 is 8.60 Å². The molecule has 0 atom stereocenters. The van der Waals surface area contributed by atoms with Gasteiger partial charge in [0.1, 0.15) is 0 Å². The fourth-order valence-electron chi connectivity index (χ4n) is 0.369. The predicted molar refractivity (Wildman–Crippen MR) is 45.2 cm³/mol. The van der Waals surface area contributed by atoms with Crippen molar-refractivity contribution in [3.63, 3.8) is 0 Å². The zero-order chi connectivity index (χ0) is 7.82. The maximum atomic E-state index is 10.7. The molecule has 0 saturated heterocycles. The second-order valence-corrected chi connectivity index (χ2v) is 2.85. The zero-order valence-corrected chi connectivity index (χ0v) is 10.7. The van der Waals surface area contributed by atoms with Crippen molar-refractivity contribution in [2.45, 2.75) is 26.7 Å². The van der Waals surface area contributed by atoms with E-state index in [0.29, 0.717) is 13.2 Å². The zero-order valence-electron chi connectivity index (χ0n) is 7.59. The molecule has 0 aromatic heterocycles. The standard InChI is InChI=1S/C6H14O3P.ClH.Mg/c1-3-5-8-10(7)9-6-4-2;;/h3-6H2,1-2H3;1H;/q-1;;+2/p-1. The van der Waals surface area contributed by atoms with Crippen LogP contribution in [0.15, 0.2) is 0 Å². The van der Waals surface area contributed by atoms with Crippen LogP contribution in [0.5, 0.6) is 0 Å². The van der Waals surface area contributed by atoms with E-state index in [1.807, 2.05) is 13.8 Å². The van der Waals surface area contributed by atoms with Gasteiger partial charge >= 0.3 is 23.1 Å². The van der Waals surface area contributed by atoms with Gasteiger partial charge in [0.25, 0.3) is 0 Å². The van der Waals surface area contributed by atoms with Crippen LogP contribution in [0.4, 0.5) is 0 Å². The summed E-state index contributed by atoms with van der Waals surface area (Å²) in [6.45, 7) is 4.95. The Bertz CT molecular complexity index is 71.8. The predicted octanol–water partition coefficient (Wildman–Crippen LogP) is -1.95. The summed E-state index contributed by atoms with van der Waals surface area (Å²) in [4.78, 5) is 10.7. The number of halogens is 1.